The van der Waals surface area contributed by atoms with Gasteiger partial charge in [-0.3, -0.25) is 0 Å². The van der Waals surface area contributed by atoms with E-state index in [1.165, 1.54) is 11.9 Å². The molecule has 0 saturated heterocycles. The molecule has 0 atom stereocenters. The first-order chi connectivity index (χ1) is 10.6. The average molecular weight is 315 g/mol. The van der Waals surface area contributed by atoms with Gasteiger partial charge in [-0.2, -0.15) is 0 Å². The van der Waals surface area contributed by atoms with Gasteiger partial charge in [-0.1, -0.05) is 0 Å². The first-order valence-electron chi connectivity index (χ1n) is 6.83. The summed E-state index contributed by atoms with van der Waals surface area (Å²) in [6.45, 7) is 0. The van der Waals surface area contributed by atoms with Gasteiger partial charge in [-0.15, -0.1) is 0 Å². The van der Waals surface area contributed by atoms with Crippen LogP contribution in [0.25, 0.3) is 0 Å². The summed E-state index contributed by atoms with van der Waals surface area (Å²) in [6, 6.07) is 13.4. The largest absolute Gasteiger partial charge is 0.497 e. The standard InChI is InChI=1S/C16H17N3O2S/c1-18(2)11-4-6-12(7-5-11)19-16(20)17-14-10-13(21-3)8-9-15(14)22-19/h4-10H,1-3H3,(H,17,20). The fourth-order valence-corrected chi connectivity index (χ4v) is 3.06. The third-order valence-corrected chi connectivity index (χ3v) is 4.51. The number of rotatable bonds is 3. The number of hydrogen-bond acceptors (Lipinski definition) is 4. The highest BCUT2D eigenvalue weighted by Crippen LogP contribution is 2.40. The lowest BCUT2D eigenvalue weighted by molar-refractivity contribution is 0.260. The number of hydrogen-bond donors (Lipinski definition) is 1. The summed E-state index contributed by atoms with van der Waals surface area (Å²) in [4.78, 5) is 15.3. The topological polar surface area (TPSA) is 44.8 Å². The molecule has 0 saturated carbocycles. The van der Waals surface area contributed by atoms with Crippen molar-refractivity contribution in [2.45, 2.75) is 4.90 Å². The average Bonchev–Trinajstić information content (AvgIpc) is 2.53. The number of anilines is 3. The third-order valence-electron chi connectivity index (χ3n) is 3.40. The Bertz CT molecular complexity index is 701. The molecule has 0 radical (unpaired) electrons. The smallest absolute Gasteiger partial charge is 0.336 e. The number of methoxy groups -OCH3 is 1. The van der Waals surface area contributed by atoms with E-state index in [1.54, 1.807) is 11.4 Å². The summed E-state index contributed by atoms with van der Waals surface area (Å²) >= 11 is 1.40. The number of ether oxygens (including phenoxy) is 1. The molecule has 114 valence electrons. The van der Waals surface area contributed by atoms with E-state index in [2.05, 4.69) is 5.32 Å². The van der Waals surface area contributed by atoms with E-state index < -0.39 is 0 Å². The molecule has 2 amide bonds. The van der Waals surface area contributed by atoms with E-state index in [0.29, 0.717) is 0 Å². The van der Waals surface area contributed by atoms with Crippen molar-refractivity contribution in [2.24, 2.45) is 0 Å². The highest BCUT2D eigenvalue weighted by Gasteiger charge is 2.25. The highest BCUT2D eigenvalue weighted by atomic mass is 32.2. The molecule has 6 heteroatoms. The Morgan fingerprint density at radius 2 is 1.86 bits per heavy atom. The second-order valence-corrected chi connectivity index (χ2v) is 6.08. The Hall–Kier alpha value is -2.34. The first kappa shape index (κ1) is 14.6. The Morgan fingerprint density at radius 1 is 1.14 bits per heavy atom. The van der Waals surface area contributed by atoms with E-state index in [1.807, 2.05) is 61.5 Å². The maximum absolute atomic E-state index is 12.3. The molecule has 0 spiro atoms. The number of fused-ring (bicyclic) bond motifs is 1. The predicted octanol–water partition coefficient (Wildman–Crippen LogP) is 3.82. The van der Waals surface area contributed by atoms with Crippen molar-refractivity contribution in [2.75, 3.05) is 35.7 Å². The second-order valence-electron chi connectivity index (χ2n) is 5.09. The minimum absolute atomic E-state index is 0.164. The van der Waals surface area contributed by atoms with Crippen molar-refractivity contribution in [3.8, 4) is 5.75 Å². The van der Waals surface area contributed by atoms with Gasteiger partial charge < -0.3 is 15.0 Å². The number of nitrogens with one attached hydrogen (secondary N) is 1. The third kappa shape index (κ3) is 2.69. The van der Waals surface area contributed by atoms with E-state index >= 15 is 0 Å². The lowest BCUT2D eigenvalue weighted by Crippen LogP contribution is -2.32. The van der Waals surface area contributed by atoms with Gasteiger partial charge in [0.15, 0.2) is 0 Å². The predicted molar refractivity (Wildman–Crippen MR) is 91.1 cm³/mol. The minimum Gasteiger partial charge on any atom is -0.497 e. The first-order valence-corrected chi connectivity index (χ1v) is 7.60. The number of carbonyl (C=O) groups excluding carboxylic acids is 1. The summed E-state index contributed by atoms with van der Waals surface area (Å²) in [7, 11) is 5.58. The molecule has 0 unspecified atom stereocenters. The zero-order valence-corrected chi connectivity index (χ0v) is 13.5. The number of urea groups is 1. The summed E-state index contributed by atoms with van der Waals surface area (Å²) in [5.74, 6) is 0.725. The van der Waals surface area contributed by atoms with Crippen LogP contribution in [0.1, 0.15) is 0 Å². The minimum atomic E-state index is -0.164. The van der Waals surface area contributed by atoms with Crippen LogP contribution in [0.4, 0.5) is 21.9 Å². The van der Waals surface area contributed by atoms with Crippen LogP contribution in [0.15, 0.2) is 47.4 Å². The second kappa shape index (κ2) is 5.81. The SMILES string of the molecule is COc1ccc2c(c1)NC(=O)N(c1ccc(N(C)C)cc1)S2. The summed E-state index contributed by atoms with van der Waals surface area (Å²) in [6.07, 6.45) is 0. The van der Waals surface area contributed by atoms with Gasteiger partial charge in [0.05, 0.1) is 23.4 Å². The number of benzene rings is 2. The van der Waals surface area contributed by atoms with Crippen LogP contribution >= 0.6 is 11.9 Å². The summed E-state index contributed by atoms with van der Waals surface area (Å²) in [5, 5.41) is 2.90. The molecule has 0 aliphatic carbocycles. The Morgan fingerprint density at radius 3 is 2.50 bits per heavy atom. The highest BCUT2D eigenvalue weighted by molar-refractivity contribution is 8.01. The Kier molecular flexibility index (Phi) is 3.85. The Balaban J connectivity index is 1.88. The van der Waals surface area contributed by atoms with Crippen LogP contribution in [-0.2, 0) is 0 Å². The van der Waals surface area contributed by atoms with Crippen molar-refractivity contribution in [3.63, 3.8) is 0 Å². The molecule has 1 aliphatic rings. The Labute approximate surface area is 134 Å². The van der Waals surface area contributed by atoms with Crippen LogP contribution in [0.3, 0.4) is 0 Å². The van der Waals surface area contributed by atoms with Crippen molar-refractivity contribution >= 4 is 35.0 Å². The molecule has 22 heavy (non-hydrogen) atoms. The fourth-order valence-electron chi connectivity index (χ4n) is 2.18. The van der Waals surface area contributed by atoms with E-state index in [0.717, 1.165) is 27.7 Å². The molecular weight excluding hydrogens is 298 g/mol. The molecule has 3 rings (SSSR count). The van der Waals surface area contributed by atoms with E-state index in [9.17, 15) is 4.79 Å². The molecule has 2 aromatic carbocycles. The van der Waals surface area contributed by atoms with Gasteiger partial charge in [0.2, 0.25) is 0 Å². The zero-order chi connectivity index (χ0) is 15.7. The number of carbonyl (C=O) groups is 1. The van der Waals surface area contributed by atoms with Crippen molar-refractivity contribution in [1.29, 1.82) is 0 Å². The van der Waals surface area contributed by atoms with E-state index in [4.69, 9.17) is 4.74 Å². The van der Waals surface area contributed by atoms with Gasteiger partial charge in [-0.25, -0.2) is 9.10 Å². The van der Waals surface area contributed by atoms with Crippen molar-refractivity contribution < 1.29 is 9.53 Å². The molecule has 1 aliphatic heterocycles. The number of amides is 2. The maximum Gasteiger partial charge on any atom is 0.336 e. The van der Waals surface area contributed by atoms with Crippen LogP contribution in [-0.4, -0.2) is 27.2 Å². The van der Waals surface area contributed by atoms with Gasteiger partial charge in [0.25, 0.3) is 0 Å². The molecular formula is C16H17N3O2S. The number of nitrogens with zero attached hydrogens (tertiary/aromatic N) is 2. The van der Waals surface area contributed by atoms with Gasteiger partial charge in [-0.05, 0) is 48.3 Å². The maximum atomic E-state index is 12.3. The van der Waals surface area contributed by atoms with Gasteiger partial charge in [0.1, 0.15) is 5.75 Å². The monoisotopic (exact) mass is 315 g/mol. The van der Waals surface area contributed by atoms with Crippen molar-refractivity contribution in [3.05, 3.63) is 42.5 Å². The molecule has 0 bridgehead atoms. The summed E-state index contributed by atoms with van der Waals surface area (Å²) in [5.41, 5.74) is 2.71. The molecule has 5 nitrogen and oxygen atoms in total. The van der Waals surface area contributed by atoms with Crippen molar-refractivity contribution in [1.82, 2.24) is 0 Å². The van der Waals surface area contributed by atoms with Crippen LogP contribution in [0.2, 0.25) is 0 Å². The molecule has 2 aromatic rings. The van der Waals surface area contributed by atoms with Gasteiger partial charge >= 0.3 is 6.03 Å². The molecule has 0 fully saturated rings. The van der Waals surface area contributed by atoms with Crippen LogP contribution < -0.4 is 19.3 Å². The molecule has 1 heterocycles. The zero-order valence-electron chi connectivity index (χ0n) is 12.7. The quantitative estimate of drug-likeness (QED) is 0.875. The normalized spacial score (nSPS) is 13.4. The van der Waals surface area contributed by atoms with E-state index in [-0.39, 0.29) is 6.03 Å². The van der Waals surface area contributed by atoms with Gasteiger partial charge in [0, 0.05) is 25.8 Å². The lowest BCUT2D eigenvalue weighted by Gasteiger charge is -2.28. The fraction of sp³-hybridized carbons (Fsp3) is 0.188. The summed E-state index contributed by atoms with van der Waals surface area (Å²) < 4.78 is 6.83. The lowest BCUT2D eigenvalue weighted by atomic mass is 10.2. The van der Waals surface area contributed by atoms with Crippen LogP contribution in [0, 0.1) is 0 Å². The molecule has 1 N–H and O–H groups in total. The van der Waals surface area contributed by atoms with Crippen LogP contribution in [0.5, 0.6) is 5.75 Å². The molecule has 0 aromatic heterocycles.